The smallest absolute Gasteiger partial charge is 0.0503 e. The van der Waals surface area contributed by atoms with Crippen LogP contribution in [0.15, 0.2) is 33.2 Å². The highest BCUT2D eigenvalue weighted by atomic mass is 127. The van der Waals surface area contributed by atoms with Crippen LogP contribution in [0.4, 0.5) is 0 Å². The minimum Gasteiger partial charge on any atom is -0.340 e. The predicted octanol–water partition coefficient (Wildman–Crippen LogP) is 13.4. The Hall–Kier alpha value is 0.660. The van der Waals surface area contributed by atoms with Crippen molar-refractivity contribution < 1.29 is 0 Å². The van der Waals surface area contributed by atoms with E-state index >= 15 is 0 Å². The molecule has 0 aliphatic rings. The van der Waals surface area contributed by atoms with Crippen LogP contribution in [0.5, 0.6) is 0 Å². The maximum Gasteiger partial charge on any atom is 0.0503 e. The fourth-order valence-corrected chi connectivity index (χ4v) is 7.24. The topological polar surface area (TPSA) is 4.93 Å². The summed E-state index contributed by atoms with van der Waals surface area (Å²) in [6.45, 7) is 5.75. The molecule has 1 unspecified atom stereocenters. The molecule has 1 aromatic heterocycles. The lowest BCUT2D eigenvalue weighted by Crippen LogP contribution is -2.11. The quantitative estimate of drug-likeness (QED) is 0.0887. The van der Waals surface area contributed by atoms with E-state index in [0.29, 0.717) is 0 Å². The average Bonchev–Trinajstić information content (AvgIpc) is 3.14. The summed E-state index contributed by atoms with van der Waals surface area (Å²) in [5.74, 6) is 0.751. The van der Waals surface area contributed by atoms with Crippen LogP contribution in [-0.2, 0) is 6.54 Å². The normalized spacial score (nSPS) is 12.7. The third kappa shape index (κ3) is 9.91. The zero-order valence-corrected chi connectivity index (χ0v) is 30.4. The minimum atomic E-state index is 0.751. The van der Waals surface area contributed by atoms with Crippen molar-refractivity contribution in [2.45, 2.75) is 123 Å². The Kier molecular flexibility index (Phi) is 15.2. The van der Waals surface area contributed by atoms with E-state index < -0.39 is 0 Å². The maximum absolute atomic E-state index is 3.82. The zero-order valence-electron chi connectivity index (χ0n) is 22.9. The molecule has 0 fully saturated rings. The van der Waals surface area contributed by atoms with Gasteiger partial charge in [-0.05, 0) is 120 Å². The molecule has 0 aliphatic carbocycles. The van der Waals surface area contributed by atoms with Crippen molar-refractivity contribution in [1.82, 2.24) is 4.57 Å². The molecule has 2 aromatic carbocycles. The fourth-order valence-electron chi connectivity index (χ4n) is 5.64. The zero-order chi connectivity index (χ0) is 26.6. The van der Waals surface area contributed by atoms with Gasteiger partial charge in [0.25, 0.3) is 0 Å². The fraction of sp³-hybridized carbons (Fsp3) is 0.625. The van der Waals surface area contributed by atoms with Crippen molar-refractivity contribution in [3.8, 4) is 0 Å². The molecular weight excluding hydrogens is 812 g/mol. The Bertz CT molecular complexity index is 1040. The SMILES string of the molecule is CCCCCCCCCCC(CCCCCCCC)Cn1c2cc(Br)c(I)cc2c2cc(I)c(Br)cc21. The van der Waals surface area contributed by atoms with Crippen LogP contribution in [0, 0.1) is 13.1 Å². The molecule has 0 bridgehead atoms. The van der Waals surface area contributed by atoms with Gasteiger partial charge in [-0.3, -0.25) is 0 Å². The highest BCUT2D eigenvalue weighted by molar-refractivity contribution is 14.1. The first kappa shape index (κ1) is 32.2. The number of unbranched alkanes of at least 4 members (excludes halogenated alkanes) is 12. The molecule has 206 valence electrons. The minimum absolute atomic E-state index is 0.751. The predicted molar refractivity (Wildman–Crippen MR) is 189 cm³/mol. The van der Waals surface area contributed by atoms with E-state index in [1.54, 1.807) is 0 Å². The van der Waals surface area contributed by atoms with Crippen molar-refractivity contribution in [2.75, 3.05) is 0 Å². The summed E-state index contributed by atoms with van der Waals surface area (Å²) in [5.41, 5.74) is 2.75. The first-order valence-electron chi connectivity index (χ1n) is 14.7. The number of halogens is 4. The summed E-state index contributed by atoms with van der Waals surface area (Å²) in [6.07, 6.45) is 22.3. The number of fused-ring (bicyclic) bond motifs is 3. The molecule has 37 heavy (non-hydrogen) atoms. The molecular formula is C32H45Br2I2N. The molecule has 0 saturated carbocycles. The number of nitrogens with zero attached hydrogens (tertiary/aromatic N) is 1. The summed E-state index contributed by atoms with van der Waals surface area (Å²) >= 11 is 12.6. The standard InChI is InChI=1S/C32H45Br2I2N/c1-3-5-7-9-11-12-14-16-18-24(17-15-13-10-8-6-4-2)23-37-31-21-27(33)29(35)19-25(31)26-20-30(36)28(34)22-32(26)37/h19-22,24H,3-18,23H2,1-2H3. The van der Waals surface area contributed by atoms with E-state index in [9.17, 15) is 0 Å². The van der Waals surface area contributed by atoms with Crippen molar-refractivity contribution in [2.24, 2.45) is 5.92 Å². The lowest BCUT2D eigenvalue weighted by Gasteiger charge is -2.20. The molecule has 1 atom stereocenters. The third-order valence-corrected chi connectivity index (χ3v) is 12.4. The van der Waals surface area contributed by atoms with Gasteiger partial charge in [0.2, 0.25) is 0 Å². The Morgan fingerprint density at radius 3 is 1.38 bits per heavy atom. The van der Waals surface area contributed by atoms with Gasteiger partial charge in [0, 0.05) is 33.4 Å². The molecule has 0 aliphatic heterocycles. The van der Waals surface area contributed by atoms with E-state index in [1.807, 2.05) is 0 Å². The number of hydrogen-bond acceptors (Lipinski definition) is 0. The van der Waals surface area contributed by atoms with E-state index in [4.69, 9.17) is 0 Å². The molecule has 0 amide bonds. The molecule has 3 aromatic rings. The van der Waals surface area contributed by atoms with E-state index in [2.05, 4.69) is 120 Å². The van der Waals surface area contributed by atoms with E-state index in [-0.39, 0.29) is 0 Å². The second-order valence-corrected chi connectivity index (χ2v) is 14.9. The van der Waals surface area contributed by atoms with Gasteiger partial charge in [0.1, 0.15) is 0 Å². The second-order valence-electron chi connectivity index (χ2n) is 10.9. The lowest BCUT2D eigenvalue weighted by molar-refractivity contribution is 0.364. The first-order valence-corrected chi connectivity index (χ1v) is 18.5. The van der Waals surface area contributed by atoms with Gasteiger partial charge < -0.3 is 4.57 Å². The van der Waals surface area contributed by atoms with Crippen LogP contribution in [0.1, 0.15) is 117 Å². The number of rotatable bonds is 18. The van der Waals surface area contributed by atoms with Gasteiger partial charge in [0.15, 0.2) is 0 Å². The van der Waals surface area contributed by atoms with Crippen molar-refractivity contribution in [3.63, 3.8) is 0 Å². The monoisotopic (exact) mass is 855 g/mol. The third-order valence-electron chi connectivity index (χ3n) is 7.82. The van der Waals surface area contributed by atoms with Gasteiger partial charge in [-0.25, -0.2) is 0 Å². The number of aromatic nitrogens is 1. The molecule has 1 nitrogen and oxygen atoms in total. The molecule has 0 spiro atoms. The molecule has 3 rings (SSSR count). The van der Waals surface area contributed by atoms with Gasteiger partial charge >= 0.3 is 0 Å². The Morgan fingerprint density at radius 1 is 0.595 bits per heavy atom. The van der Waals surface area contributed by atoms with Crippen molar-refractivity contribution in [1.29, 1.82) is 0 Å². The van der Waals surface area contributed by atoms with Crippen LogP contribution in [0.2, 0.25) is 0 Å². The molecule has 0 radical (unpaired) electrons. The van der Waals surface area contributed by atoms with Crippen LogP contribution in [0.25, 0.3) is 21.8 Å². The van der Waals surface area contributed by atoms with E-state index in [1.165, 1.54) is 141 Å². The number of benzene rings is 2. The van der Waals surface area contributed by atoms with Gasteiger partial charge in [-0.15, -0.1) is 0 Å². The Labute approximate surface area is 270 Å². The summed E-state index contributed by atoms with van der Waals surface area (Å²) in [6, 6.07) is 9.44. The molecule has 1 heterocycles. The molecule has 0 N–H and O–H groups in total. The van der Waals surface area contributed by atoms with Gasteiger partial charge in [-0.1, -0.05) is 104 Å². The number of hydrogen-bond donors (Lipinski definition) is 0. The van der Waals surface area contributed by atoms with Gasteiger partial charge in [-0.2, -0.15) is 0 Å². The summed E-state index contributed by atoms with van der Waals surface area (Å²) in [7, 11) is 0. The molecule has 0 saturated heterocycles. The highest BCUT2D eigenvalue weighted by Crippen LogP contribution is 2.38. The van der Waals surface area contributed by atoms with E-state index in [0.717, 1.165) is 12.5 Å². The average molecular weight is 857 g/mol. The van der Waals surface area contributed by atoms with Crippen LogP contribution >= 0.6 is 77.0 Å². The van der Waals surface area contributed by atoms with Crippen LogP contribution in [0.3, 0.4) is 0 Å². The highest BCUT2D eigenvalue weighted by Gasteiger charge is 2.18. The van der Waals surface area contributed by atoms with Crippen LogP contribution in [-0.4, -0.2) is 4.57 Å². The lowest BCUT2D eigenvalue weighted by atomic mass is 9.93. The second kappa shape index (κ2) is 17.5. The van der Waals surface area contributed by atoms with Crippen molar-refractivity contribution in [3.05, 3.63) is 40.4 Å². The summed E-state index contributed by atoms with van der Waals surface area (Å²) < 4.78 is 7.61. The first-order chi connectivity index (χ1) is 18.0. The largest absolute Gasteiger partial charge is 0.340 e. The van der Waals surface area contributed by atoms with Crippen LogP contribution < -0.4 is 0 Å². The van der Waals surface area contributed by atoms with Gasteiger partial charge in [0.05, 0.1) is 11.0 Å². The Morgan fingerprint density at radius 2 is 0.973 bits per heavy atom. The Balaban J connectivity index is 1.76. The summed E-state index contributed by atoms with van der Waals surface area (Å²) in [4.78, 5) is 0. The maximum atomic E-state index is 3.82. The van der Waals surface area contributed by atoms with Crippen molar-refractivity contribution >= 4 is 98.8 Å². The molecule has 5 heteroatoms. The summed E-state index contributed by atoms with van der Waals surface area (Å²) in [5, 5.41) is 2.77.